The molecule has 0 aliphatic heterocycles. The van der Waals surface area contributed by atoms with Crippen molar-refractivity contribution in [1.82, 2.24) is 10.2 Å². The Bertz CT molecular complexity index is 1110. The van der Waals surface area contributed by atoms with Crippen LogP contribution in [0.25, 0.3) is 0 Å². The third-order valence-electron chi connectivity index (χ3n) is 6.13. The Morgan fingerprint density at radius 1 is 1.05 bits per heavy atom. The van der Waals surface area contributed by atoms with Crippen molar-refractivity contribution in [2.24, 2.45) is 5.92 Å². The number of hydrogen-bond acceptors (Lipinski definition) is 5. The molecule has 8 nitrogen and oxygen atoms in total. The van der Waals surface area contributed by atoms with Crippen molar-refractivity contribution >= 4 is 35.2 Å². The second-order valence-electron chi connectivity index (χ2n) is 11.0. The van der Waals surface area contributed by atoms with E-state index in [1.54, 1.807) is 45.0 Å². The standard InChI is InChI=1S/C30H42ClN3O5/c1-8-9-10-18-34(28(37)24(19(2)3)33-29(38)39-30(5,6)7)26(21-14-16-22(35)17-15-21)27(36)32-25-20(4)12-11-13-23(25)31/h11-17,19,24,26,35H,8-10,18H2,1-7H3,(H,32,36)(H,33,38). The summed E-state index contributed by atoms with van der Waals surface area (Å²) in [6.07, 6.45) is 1.72. The molecule has 0 heterocycles. The van der Waals surface area contributed by atoms with E-state index >= 15 is 0 Å². The highest BCUT2D eigenvalue weighted by molar-refractivity contribution is 6.34. The van der Waals surface area contributed by atoms with Gasteiger partial charge in [-0.05, 0) is 69.4 Å². The summed E-state index contributed by atoms with van der Waals surface area (Å²) in [5, 5.41) is 15.9. The number of nitrogens with zero attached hydrogens (tertiary/aromatic N) is 1. The van der Waals surface area contributed by atoms with Crippen LogP contribution in [0.4, 0.5) is 10.5 Å². The lowest BCUT2D eigenvalue weighted by molar-refractivity contribution is -0.141. The Labute approximate surface area is 237 Å². The summed E-state index contributed by atoms with van der Waals surface area (Å²) in [4.78, 5) is 42.3. The van der Waals surface area contributed by atoms with E-state index in [-0.39, 0.29) is 18.2 Å². The first-order valence-electron chi connectivity index (χ1n) is 13.4. The van der Waals surface area contributed by atoms with Crippen molar-refractivity contribution in [2.75, 3.05) is 11.9 Å². The number of anilines is 1. The predicted octanol–water partition coefficient (Wildman–Crippen LogP) is 6.60. The van der Waals surface area contributed by atoms with Crippen LogP contribution in [0.3, 0.4) is 0 Å². The number of alkyl carbamates (subject to hydrolysis) is 1. The minimum Gasteiger partial charge on any atom is -0.508 e. The zero-order valence-electron chi connectivity index (χ0n) is 24.0. The molecule has 0 aliphatic rings. The number of benzene rings is 2. The fourth-order valence-electron chi connectivity index (χ4n) is 4.14. The van der Waals surface area contributed by atoms with Crippen molar-refractivity contribution in [2.45, 2.75) is 85.4 Å². The van der Waals surface area contributed by atoms with Crippen LogP contribution in [0.15, 0.2) is 42.5 Å². The highest BCUT2D eigenvalue weighted by Gasteiger charge is 2.37. The fourth-order valence-corrected chi connectivity index (χ4v) is 4.41. The Morgan fingerprint density at radius 2 is 1.69 bits per heavy atom. The minimum absolute atomic E-state index is 0.0374. The Morgan fingerprint density at radius 3 is 2.23 bits per heavy atom. The van der Waals surface area contributed by atoms with Crippen LogP contribution in [-0.2, 0) is 14.3 Å². The molecule has 0 saturated heterocycles. The molecule has 2 aromatic carbocycles. The van der Waals surface area contributed by atoms with Gasteiger partial charge in [-0.25, -0.2) is 4.79 Å². The number of para-hydroxylation sites is 1. The molecule has 0 bridgehead atoms. The molecule has 3 amide bonds. The molecular weight excluding hydrogens is 518 g/mol. The molecule has 0 aliphatic carbocycles. The SMILES string of the molecule is CCCCCN(C(=O)C(NC(=O)OC(C)(C)C)C(C)C)C(C(=O)Nc1c(C)cccc1Cl)c1ccc(O)cc1. The highest BCUT2D eigenvalue weighted by atomic mass is 35.5. The number of phenolic OH excluding ortho intramolecular Hbond substituents is 1. The molecule has 0 radical (unpaired) electrons. The quantitative estimate of drug-likeness (QED) is 0.269. The van der Waals surface area contributed by atoms with E-state index in [4.69, 9.17) is 16.3 Å². The molecule has 0 spiro atoms. The fraction of sp³-hybridized carbons (Fsp3) is 0.500. The lowest BCUT2D eigenvalue weighted by atomic mass is 9.98. The van der Waals surface area contributed by atoms with Gasteiger partial charge in [0.15, 0.2) is 0 Å². The first-order valence-corrected chi connectivity index (χ1v) is 13.8. The second-order valence-corrected chi connectivity index (χ2v) is 11.4. The summed E-state index contributed by atoms with van der Waals surface area (Å²) in [5.41, 5.74) is 1.01. The molecule has 0 fully saturated rings. The minimum atomic E-state index is -1.05. The lowest BCUT2D eigenvalue weighted by Gasteiger charge is -2.35. The van der Waals surface area contributed by atoms with Crippen LogP contribution in [0, 0.1) is 12.8 Å². The summed E-state index contributed by atoms with van der Waals surface area (Å²) in [6, 6.07) is 9.51. The summed E-state index contributed by atoms with van der Waals surface area (Å²) in [6.45, 7) is 13.1. The molecule has 214 valence electrons. The van der Waals surface area contributed by atoms with Gasteiger partial charge in [-0.3, -0.25) is 9.59 Å². The number of carbonyl (C=O) groups is 3. The molecule has 0 aromatic heterocycles. The van der Waals surface area contributed by atoms with E-state index < -0.39 is 35.6 Å². The number of halogens is 1. The number of rotatable bonds is 11. The molecule has 9 heteroatoms. The van der Waals surface area contributed by atoms with Crippen molar-refractivity contribution in [1.29, 1.82) is 0 Å². The average molecular weight is 560 g/mol. The van der Waals surface area contributed by atoms with E-state index in [0.29, 0.717) is 22.7 Å². The maximum atomic E-state index is 14.2. The largest absolute Gasteiger partial charge is 0.508 e. The zero-order valence-corrected chi connectivity index (χ0v) is 24.8. The van der Waals surface area contributed by atoms with Gasteiger partial charge in [0.05, 0.1) is 10.7 Å². The van der Waals surface area contributed by atoms with Crippen molar-refractivity contribution < 1.29 is 24.2 Å². The van der Waals surface area contributed by atoms with Crippen LogP contribution in [0.5, 0.6) is 5.75 Å². The second kappa shape index (κ2) is 14.2. The van der Waals surface area contributed by atoms with Gasteiger partial charge in [0.25, 0.3) is 5.91 Å². The topological polar surface area (TPSA) is 108 Å². The van der Waals surface area contributed by atoms with Crippen molar-refractivity contribution in [3.63, 3.8) is 0 Å². The van der Waals surface area contributed by atoms with E-state index in [1.807, 2.05) is 26.8 Å². The normalized spacial score (nSPS) is 12.9. The van der Waals surface area contributed by atoms with Gasteiger partial charge < -0.3 is 25.4 Å². The zero-order chi connectivity index (χ0) is 29.3. The smallest absolute Gasteiger partial charge is 0.408 e. The van der Waals surface area contributed by atoms with Crippen molar-refractivity contribution in [3.05, 3.63) is 58.6 Å². The summed E-state index contributed by atoms with van der Waals surface area (Å²) in [7, 11) is 0. The van der Waals surface area contributed by atoms with Gasteiger partial charge >= 0.3 is 6.09 Å². The third-order valence-corrected chi connectivity index (χ3v) is 6.44. The summed E-state index contributed by atoms with van der Waals surface area (Å²) >= 11 is 6.40. The maximum Gasteiger partial charge on any atom is 0.408 e. The van der Waals surface area contributed by atoms with Gasteiger partial charge in [-0.15, -0.1) is 0 Å². The van der Waals surface area contributed by atoms with E-state index in [2.05, 4.69) is 17.6 Å². The number of ether oxygens (including phenoxy) is 1. The van der Waals surface area contributed by atoms with E-state index in [1.165, 1.54) is 17.0 Å². The van der Waals surface area contributed by atoms with E-state index in [0.717, 1.165) is 18.4 Å². The molecule has 2 unspecified atom stereocenters. The molecule has 2 rings (SSSR count). The number of aromatic hydroxyl groups is 1. The monoisotopic (exact) mass is 559 g/mol. The first kappa shape index (κ1) is 32.0. The van der Waals surface area contributed by atoms with Gasteiger partial charge in [-0.2, -0.15) is 0 Å². The molecule has 39 heavy (non-hydrogen) atoms. The van der Waals surface area contributed by atoms with Crippen molar-refractivity contribution in [3.8, 4) is 5.75 Å². The van der Waals surface area contributed by atoms with Gasteiger partial charge in [0.1, 0.15) is 23.4 Å². The Balaban J connectivity index is 2.55. The molecule has 0 saturated carbocycles. The number of carbonyl (C=O) groups excluding carboxylic acids is 3. The third kappa shape index (κ3) is 9.46. The molecular formula is C30H42ClN3O5. The Kier molecular flexibility index (Phi) is 11.6. The number of aryl methyl sites for hydroxylation is 1. The van der Waals surface area contributed by atoms with E-state index in [9.17, 15) is 19.5 Å². The van der Waals surface area contributed by atoms with Gasteiger partial charge in [0, 0.05) is 6.54 Å². The average Bonchev–Trinajstić information content (AvgIpc) is 2.83. The number of phenols is 1. The Hall–Kier alpha value is -3.26. The number of nitrogens with one attached hydrogen (secondary N) is 2. The van der Waals surface area contributed by atoms with Gasteiger partial charge in [0.2, 0.25) is 5.91 Å². The molecule has 2 atom stereocenters. The van der Waals surface area contributed by atoms with Gasteiger partial charge in [-0.1, -0.05) is 69.5 Å². The van der Waals surface area contributed by atoms with Crippen LogP contribution in [0.1, 0.15) is 78.0 Å². The molecule has 2 aromatic rings. The maximum absolute atomic E-state index is 14.2. The van der Waals surface area contributed by atoms with Crippen LogP contribution >= 0.6 is 11.6 Å². The highest BCUT2D eigenvalue weighted by Crippen LogP contribution is 2.30. The van der Waals surface area contributed by atoms with Crippen LogP contribution in [-0.4, -0.2) is 46.1 Å². The van der Waals surface area contributed by atoms with Crippen LogP contribution < -0.4 is 10.6 Å². The first-order chi connectivity index (χ1) is 18.2. The predicted molar refractivity (Wildman–Crippen MR) is 155 cm³/mol. The summed E-state index contributed by atoms with van der Waals surface area (Å²) in [5.74, 6) is -1.11. The lowest BCUT2D eigenvalue weighted by Crippen LogP contribution is -2.54. The van der Waals surface area contributed by atoms with Crippen LogP contribution in [0.2, 0.25) is 5.02 Å². The number of unbranched alkanes of at least 4 members (excludes halogenated alkanes) is 2. The summed E-state index contributed by atoms with van der Waals surface area (Å²) < 4.78 is 5.42. The number of hydrogen-bond donors (Lipinski definition) is 3. The number of amides is 3. The molecule has 3 N–H and O–H groups in total.